The number of para-hydroxylation sites is 1. The van der Waals surface area contributed by atoms with Crippen LogP contribution in [-0.4, -0.2) is 11.7 Å². The average molecular weight is 294 g/mol. The van der Waals surface area contributed by atoms with Crippen LogP contribution in [0, 0.1) is 0 Å². The Morgan fingerprint density at radius 1 is 1.12 bits per heavy atom. The van der Waals surface area contributed by atoms with E-state index >= 15 is 0 Å². The minimum absolute atomic E-state index is 0.0752. The summed E-state index contributed by atoms with van der Waals surface area (Å²) in [6.45, 7) is 0. The minimum atomic E-state index is -0.464. The number of carbonyl (C=O) groups excluding carboxylic acids is 2. The summed E-state index contributed by atoms with van der Waals surface area (Å²) in [7, 11) is 0. The van der Waals surface area contributed by atoms with Gasteiger partial charge in [-0.3, -0.25) is 9.59 Å². The van der Waals surface area contributed by atoms with Crippen molar-refractivity contribution in [1.82, 2.24) is 0 Å². The number of fused-ring (bicyclic) bond motifs is 2. The first-order valence-electron chi connectivity index (χ1n) is 5.77. The number of hydrogen-bond donors (Lipinski definition) is 0. The Bertz CT molecular complexity index is 502. The van der Waals surface area contributed by atoms with Crippen LogP contribution in [0.15, 0.2) is 24.3 Å². The molecule has 3 nitrogen and oxygen atoms in total. The highest BCUT2D eigenvalue weighted by molar-refractivity contribution is 9.10. The zero-order valence-electron chi connectivity index (χ0n) is 9.28. The highest BCUT2D eigenvalue weighted by Gasteiger charge is 2.51. The van der Waals surface area contributed by atoms with E-state index in [2.05, 4.69) is 16.1 Å². The van der Waals surface area contributed by atoms with Gasteiger partial charge in [0.05, 0.1) is 27.2 Å². The van der Waals surface area contributed by atoms with Crippen molar-refractivity contribution >= 4 is 33.5 Å². The van der Waals surface area contributed by atoms with Gasteiger partial charge in [0, 0.05) is 12.8 Å². The highest BCUT2D eigenvalue weighted by Crippen LogP contribution is 2.50. The lowest BCUT2D eigenvalue weighted by Gasteiger charge is -2.31. The SMILES string of the molecule is O=C1CCC2(CC1)C(=O)N(Br)c1ccccc12. The van der Waals surface area contributed by atoms with Gasteiger partial charge in [0.1, 0.15) is 5.78 Å². The van der Waals surface area contributed by atoms with Crippen LogP contribution in [0.3, 0.4) is 0 Å². The van der Waals surface area contributed by atoms with Gasteiger partial charge in [0.25, 0.3) is 0 Å². The monoisotopic (exact) mass is 293 g/mol. The number of halogens is 1. The Labute approximate surface area is 108 Å². The molecular weight excluding hydrogens is 282 g/mol. The van der Waals surface area contributed by atoms with Crippen LogP contribution in [0.4, 0.5) is 5.69 Å². The molecule has 1 saturated carbocycles. The Hall–Kier alpha value is -1.16. The molecule has 0 radical (unpaired) electrons. The molecule has 1 heterocycles. The maximum atomic E-state index is 12.4. The van der Waals surface area contributed by atoms with Gasteiger partial charge in [-0.15, -0.1) is 0 Å². The van der Waals surface area contributed by atoms with Gasteiger partial charge in [-0.2, -0.15) is 0 Å². The molecule has 3 rings (SSSR count). The number of ketones is 1. The first-order valence-corrected chi connectivity index (χ1v) is 6.48. The lowest BCUT2D eigenvalue weighted by Crippen LogP contribution is -2.40. The molecule has 0 unspecified atom stereocenters. The lowest BCUT2D eigenvalue weighted by molar-refractivity contribution is -0.126. The number of nitrogens with zero attached hydrogens (tertiary/aromatic N) is 1. The fourth-order valence-electron chi connectivity index (χ4n) is 2.90. The average Bonchev–Trinajstić information content (AvgIpc) is 2.57. The summed E-state index contributed by atoms with van der Waals surface area (Å²) < 4.78 is 1.55. The van der Waals surface area contributed by atoms with Crippen molar-refractivity contribution in [2.75, 3.05) is 3.93 Å². The first kappa shape index (κ1) is 11.0. The van der Waals surface area contributed by atoms with Gasteiger partial charge >= 0.3 is 0 Å². The van der Waals surface area contributed by atoms with Crippen LogP contribution in [-0.2, 0) is 15.0 Å². The second-order valence-electron chi connectivity index (χ2n) is 4.72. The van der Waals surface area contributed by atoms with Gasteiger partial charge in [-0.1, -0.05) is 18.2 Å². The molecule has 0 atom stereocenters. The molecule has 88 valence electrons. The van der Waals surface area contributed by atoms with Crippen LogP contribution in [0.1, 0.15) is 31.2 Å². The molecule has 1 aromatic carbocycles. The quantitative estimate of drug-likeness (QED) is 0.690. The van der Waals surface area contributed by atoms with E-state index < -0.39 is 5.41 Å². The predicted molar refractivity (Wildman–Crippen MR) is 68.0 cm³/mol. The standard InChI is InChI=1S/C13H12BrNO2/c14-15-11-4-2-1-3-10(11)13(12(15)17)7-5-9(16)6-8-13/h1-4H,5-8H2. The Morgan fingerprint density at radius 2 is 1.76 bits per heavy atom. The molecular formula is C13H12BrNO2. The molecule has 0 aromatic heterocycles. The third-order valence-corrected chi connectivity index (χ3v) is 4.58. The van der Waals surface area contributed by atoms with Crippen LogP contribution in [0.5, 0.6) is 0 Å². The number of carbonyl (C=O) groups is 2. The first-order chi connectivity index (χ1) is 8.15. The molecule has 1 fully saturated rings. The second-order valence-corrected chi connectivity index (χ2v) is 5.43. The fraction of sp³-hybridized carbons (Fsp3) is 0.385. The summed E-state index contributed by atoms with van der Waals surface area (Å²) in [6.07, 6.45) is 2.31. The summed E-state index contributed by atoms with van der Waals surface area (Å²) in [5.74, 6) is 0.347. The van der Waals surface area contributed by atoms with Crippen molar-refractivity contribution in [3.8, 4) is 0 Å². The molecule has 0 bridgehead atoms. The van der Waals surface area contributed by atoms with Crippen LogP contribution >= 0.6 is 16.1 Å². The maximum absolute atomic E-state index is 12.4. The Kier molecular flexibility index (Phi) is 2.36. The molecule has 0 saturated heterocycles. The summed E-state index contributed by atoms with van der Waals surface area (Å²) >= 11 is 3.33. The molecule has 2 aliphatic rings. The van der Waals surface area contributed by atoms with Crippen molar-refractivity contribution in [3.05, 3.63) is 29.8 Å². The molecule has 1 aliphatic heterocycles. The van der Waals surface area contributed by atoms with E-state index in [0.29, 0.717) is 25.7 Å². The smallest absolute Gasteiger partial charge is 0.247 e. The fourth-order valence-corrected chi connectivity index (χ4v) is 3.55. The topological polar surface area (TPSA) is 37.4 Å². The minimum Gasteiger partial charge on any atom is -0.300 e. The van der Waals surface area contributed by atoms with Gasteiger partial charge in [-0.05, 0) is 24.5 Å². The number of amides is 1. The summed E-state index contributed by atoms with van der Waals surface area (Å²) in [5, 5.41) is 0. The summed E-state index contributed by atoms with van der Waals surface area (Å²) in [4.78, 5) is 23.8. The molecule has 17 heavy (non-hydrogen) atoms. The van der Waals surface area contributed by atoms with Crippen LogP contribution in [0.2, 0.25) is 0 Å². The number of benzene rings is 1. The number of rotatable bonds is 0. The zero-order chi connectivity index (χ0) is 12.0. The Morgan fingerprint density at radius 3 is 2.47 bits per heavy atom. The molecule has 0 N–H and O–H groups in total. The molecule has 4 heteroatoms. The van der Waals surface area contributed by atoms with Gasteiger partial charge < -0.3 is 0 Å². The molecule has 1 aromatic rings. The normalized spacial score (nSPS) is 22.1. The summed E-state index contributed by atoms with van der Waals surface area (Å²) in [6, 6.07) is 7.82. The van der Waals surface area contributed by atoms with Crippen molar-refractivity contribution in [2.45, 2.75) is 31.1 Å². The van der Waals surface area contributed by atoms with Crippen molar-refractivity contribution in [3.63, 3.8) is 0 Å². The van der Waals surface area contributed by atoms with E-state index in [4.69, 9.17) is 0 Å². The summed E-state index contributed by atoms with van der Waals surface area (Å²) in [5.41, 5.74) is 1.52. The van der Waals surface area contributed by atoms with Gasteiger partial charge in [0.15, 0.2) is 0 Å². The number of hydrogen-bond acceptors (Lipinski definition) is 2. The van der Waals surface area contributed by atoms with E-state index in [0.717, 1.165) is 11.3 Å². The predicted octanol–water partition coefficient (Wildman–Crippen LogP) is 2.72. The largest absolute Gasteiger partial charge is 0.300 e. The van der Waals surface area contributed by atoms with E-state index in [-0.39, 0.29) is 11.7 Å². The third kappa shape index (κ3) is 1.40. The molecule has 1 spiro atoms. The molecule has 1 amide bonds. The Balaban J connectivity index is 2.12. The number of Topliss-reactive ketones (excluding diaryl/α,β-unsaturated/α-hetero) is 1. The van der Waals surface area contributed by atoms with Crippen LogP contribution < -0.4 is 3.93 Å². The van der Waals surface area contributed by atoms with Crippen molar-refractivity contribution in [2.24, 2.45) is 0 Å². The van der Waals surface area contributed by atoms with E-state index in [1.807, 2.05) is 24.3 Å². The van der Waals surface area contributed by atoms with Crippen LogP contribution in [0.25, 0.3) is 0 Å². The maximum Gasteiger partial charge on any atom is 0.247 e. The zero-order valence-corrected chi connectivity index (χ0v) is 10.9. The van der Waals surface area contributed by atoms with Gasteiger partial charge in [0.2, 0.25) is 5.91 Å². The third-order valence-electron chi connectivity index (χ3n) is 3.88. The van der Waals surface area contributed by atoms with Gasteiger partial charge in [-0.25, -0.2) is 3.93 Å². The van der Waals surface area contributed by atoms with Crippen molar-refractivity contribution in [1.29, 1.82) is 0 Å². The van der Waals surface area contributed by atoms with E-state index in [9.17, 15) is 9.59 Å². The van der Waals surface area contributed by atoms with E-state index in [1.165, 1.54) is 0 Å². The number of anilines is 1. The lowest BCUT2D eigenvalue weighted by atomic mass is 9.70. The van der Waals surface area contributed by atoms with E-state index in [1.54, 1.807) is 3.93 Å². The second kappa shape index (κ2) is 3.67. The highest BCUT2D eigenvalue weighted by atomic mass is 79.9. The van der Waals surface area contributed by atoms with Crippen molar-refractivity contribution < 1.29 is 9.59 Å². The molecule has 1 aliphatic carbocycles.